The van der Waals surface area contributed by atoms with Crippen LogP contribution in [0.5, 0.6) is 5.75 Å². The first kappa shape index (κ1) is 21.2. The minimum atomic E-state index is -1.07. The third kappa shape index (κ3) is 3.97. The predicted octanol–water partition coefficient (Wildman–Crippen LogP) is 7.79. The normalized spacial score (nSPS) is 16.2. The highest BCUT2D eigenvalue weighted by Gasteiger charge is 2.20. The lowest BCUT2D eigenvalue weighted by molar-refractivity contribution is 0.372. The average molecular weight is 426 g/mol. The Bertz CT molecular complexity index is 1150. The fourth-order valence-corrected chi connectivity index (χ4v) is 3.97. The van der Waals surface area contributed by atoms with Crippen LogP contribution in [-0.4, -0.2) is 7.11 Å². The van der Waals surface area contributed by atoms with Gasteiger partial charge < -0.3 is 4.74 Å². The van der Waals surface area contributed by atoms with Crippen LogP contribution in [0.2, 0.25) is 0 Å². The molecule has 160 valence electrons. The molecule has 0 aliphatic heterocycles. The van der Waals surface area contributed by atoms with Crippen LogP contribution in [0, 0.1) is 29.2 Å². The number of halogens is 4. The van der Waals surface area contributed by atoms with Gasteiger partial charge in [-0.05, 0) is 54.0 Å². The number of benzene rings is 3. The summed E-state index contributed by atoms with van der Waals surface area (Å²) in [5.41, 5.74) is 2.20. The number of methoxy groups -OCH3 is 1. The summed E-state index contributed by atoms with van der Waals surface area (Å²) in [6.45, 7) is 2.14. The zero-order chi connectivity index (χ0) is 22.1. The molecule has 1 aliphatic rings. The molecule has 0 fully saturated rings. The van der Waals surface area contributed by atoms with Gasteiger partial charge in [0.25, 0.3) is 0 Å². The second-order valence-electron chi connectivity index (χ2n) is 7.92. The van der Waals surface area contributed by atoms with Gasteiger partial charge in [0.1, 0.15) is 0 Å². The molecule has 0 saturated carbocycles. The molecule has 31 heavy (non-hydrogen) atoms. The Morgan fingerprint density at radius 2 is 1.23 bits per heavy atom. The SMILES string of the molecule is COc1ccc(-c2ccc(-c3ccc(C4=CCC(C)CC4)c(F)c3F)cc2)c(F)c1F. The van der Waals surface area contributed by atoms with E-state index in [-0.39, 0.29) is 16.9 Å². The molecular weight excluding hydrogens is 404 g/mol. The van der Waals surface area contributed by atoms with Crippen LogP contribution in [0.3, 0.4) is 0 Å². The molecule has 1 aliphatic carbocycles. The summed E-state index contributed by atoms with van der Waals surface area (Å²) in [7, 11) is 1.26. The molecule has 0 saturated heterocycles. The molecule has 0 amide bonds. The summed E-state index contributed by atoms with van der Waals surface area (Å²) >= 11 is 0. The lowest BCUT2D eigenvalue weighted by Crippen LogP contribution is -2.04. The molecule has 1 unspecified atom stereocenters. The van der Waals surface area contributed by atoms with Gasteiger partial charge >= 0.3 is 0 Å². The van der Waals surface area contributed by atoms with Crippen molar-refractivity contribution >= 4 is 5.57 Å². The first-order valence-electron chi connectivity index (χ1n) is 10.2. The third-order valence-electron chi connectivity index (χ3n) is 5.88. The molecule has 4 rings (SSSR count). The highest BCUT2D eigenvalue weighted by molar-refractivity contribution is 5.74. The van der Waals surface area contributed by atoms with Crippen LogP contribution in [0.25, 0.3) is 27.8 Å². The van der Waals surface area contributed by atoms with E-state index >= 15 is 0 Å². The maximum Gasteiger partial charge on any atom is 0.201 e. The Kier molecular flexibility index (Phi) is 5.86. The Hall–Kier alpha value is -3.08. The lowest BCUT2D eigenvalue weighted by Gasteiger charge is -2.19. The third-order valence-corrected chi connectivity index (χ3v) is 5.88. The topological polar surface area (TPSA) is 9.23 Å². The standard InChI is InChI=1S/C26H22F4O/c1-15-3-5-16(6-4-15)19-11-12-20(24(28)23(19)27)17-7-9-18(10-8-17)21-13-14-22(31-2)26(30)25(21)29/h5,7-15H,3-4,6H2,1-2H3. The zero-order valence-corrected chi connectivity index (χ0v) is 17.3. The van der Waals surface area contributed by atoms with Crippen LogP contribution in [0.1, 0.15) is 31.7 Å². The molecule has 0 bridgehead atoms. The van der Waals surface area contributed by atoms with Crippen LogP contribution < -0.4 is 4.74 Å². The Labute approximate surface area is 179 Å². The molecule has 0 radical (unpaired) electrons. The molecule has 0 N–H and O–H groups in total. The molecule has 3 aromatic carbocycles. The van der Waals surface area contributed by atoms with E-state index in [1.165, 1.54) is 19.2 Å². The second-order valence-corrected chi connectivity index (χ2v) is 7.92. The van der Waals surface area contributed by atoms with Gasteiger partial charge in [-0.15, -0.1) is 0 Å². The van der Waals surface area contributed by atoms with Gasteiger partial charge in [0.05, 0.1) is 7.11 Å². The summed E-state index contributed by atoms with van der Waals surface area (Å²) < 4.78 is 62.8. The summed E-state index contributed by atoms with van der Waals surface area (Å²) in [5.74, 6) is -3.49. The van der Waals surface area contributed by atoms with Crippen molar-refractivity contribution in [1.29, 1.82) is 0 Å². The summed E-state index contributed by atoms with van der Waals surface area (Å²) in [6, 6.07) is 12.2. The molecule has 0 spiro atoms. The minimum Gasteiger partial charge on any atom is -0.494 e. The minimum absolute atomic E-state index is 0.0605. The van der Waals surface area contributed by atoms with Gasteiger partial charge in [-0.25, -0.2) is 13.2 Å². The lowest BCUT2D eigenvalue weighted by atomic mass is 9.87. The van der Waals surface area contributed by atoms with Gasteiger partial charge in [0.15, 0.2) is 23.2 Å². The first-order valence-corrected chi connectivity index (χ1v) is 10.2. The number of hydrogen-bond donors (Lipinski definition) is 0. The van der Waals surface area contributed by atoms with E-state index in [9.17, 15) is 17.6 Å². The predicted molar refractivity (Wildman–Crippen MR) is 115 cm³/mol. The Morgan fingerprint density at radius 1 is 0.710 bits per heavy atom. The van der Waals surface area contributed by atoms with Gasteiger partial charge in [-0.1, -0.05) is 49.4 Å². The first-order chi connectivity index (χ1) is 14.9. The Morgan fingerprint density at radius 3 is 1.77 bits per heavy atom. The van der Waals surface area contributed by atoms with Gasteiger partial charge in [0.2, 0.25) is 5.82 Å². The molecule has 1 atom stereocenters. The fourth-order valence-electron chi connectivity index (χ4n) is 3.97. The van der Waals surface area contributed by atoms with Gasteiger partial charge in [0, 0.05) is 16.7 Å². The van der Waals surface area contributed by atoms with Crippen LogP contribution in [-0.2, 0) is 0 Å². The highest BCUT2D eigenvalue weighted by atomic mass is 19.2. The molecule has 1 nitrogen and oxygen atoms in total. The summed E-state index contributed by atoms with van der Waals surface area (Å²) in [4.78, 5) is 0. The molecule has 0 heterocycles. The van der Waals surface area contributed by atoms with E-state index < -0.39 is 23.3 Å². The van der Waals surface area contributed by atoms with E-state index in [2.05, 4.69) is 6.92 Å². The maximum absolute atomic E-state index is 14.9. The molecular formula is C26H22F4O. The van der Waals surface area contributed by atoms with Crippen molar-refractivity contribution in [3.63, 3.8) is 0 Å². The summed E-state index contributed by atoms with van der Waals surface area (Å²) in [5, 5.41) is 0. The molecule has 0 aromatic heterocycles. The summed E-state index contributed by atoms with van der Waals surface area (Å²) in [6.07, 6.45) is 4.54. The van der Waals surface area contributed by atoms with Crippen LogP contribution >= 0.6 is 0 Å². The van der Waals surface area contributed by atoms with E-state index in [1.54, 1.807) is 36.4 Å². The highest BCUT2D eigenvalue weighted by Crippen LogP contribution is 2.36. The fraction of sp³-hybridized carbons (Fsp3) is 0.231. The van der Waals surface area contributed by atoms with Crippen molar-refractivity contribution in [2.45, 2.75) is 26.2 Å². The maximum atomic E-state index is 14.9. The van der Waals surface area contributed by atoms with Crippen LogP contribution in [0.15, 0.2) is 54.6 Å². The van der Waals surface area contributed by atoms with Crippen molar-refractivity contribution in [1.82, 2.24) is 0 Å². The number of rotatable bonds is 4. The quantitative estimate of drug-likeness (QED) is 0.387. The smallest absolute Gasteiger partial charge is 0.201 e. The number of allylic oxidation sites excluding steroid dienone is 2. The van der Waals surface area contributed by atoms with Crippen molar-refractivity contribution in [3.8, 4) is 28.0 Å². The molecule has 3 aromatic rings. The second kappa shape index (κ2) is 8.58. The van der Waals surface area contributed by atoms with Gasteiger partial charge in [-0.2, -0.15) is 4.39 Å². The van der Waals surface area contributed by atoms with Crippen molar-refractivity contribution in [2.75, 3.05) is 7.11 Å². The van der Waals surface area contributed by atoms with E-state index in [0.717, 1.165) is 24.8 Å². The van der Waals surface area contributed by atoms with Gasteiger partial charge in [-0.3, -0.25) is 0 Å². The van der Waals surface area contributed by atoms with Crippen molar-refractivity contribution < 1.29 is 22.3 Å². The van der Waals surface area contributed by atoms with Crippen molar-refractivity contribution in [2.24, 2.45) is 5.92 Å². The number of ether oxygens (including phenoxy) is 1. The van der Waals surface area contributed by atoms with E-state index in [4.69, 9.17) is 4.74 Å². The van der Waals surface area contributed by atoms with E-state index in [1.807, 2.05) is 6.08 Å². The zero-order valence-electron chi connectivity index (χ0n) is 17.3. The van der Waals surface area contributed by atoms with E-state index in [0.29, 0.717) is 22.6 Å². The Balaban J connectivity index is 1.66. The van der Waals surface area contributed by atoms with Crippen molar-refractivity contribution in [3.05, 3.63) is 83.4 Å². The van der Waals surface area contributed by atoms with Crippen LogP contribution in [0.4, 0.5) is 17.6 Å². The molecule has 5 heteroatoms. The monoisotopic (exact) mass is 426 g/mol. The average Bonchev–Trinajstić information content (AvgIpc) is 2.78. The number of hydrogen-bond acceptors (Lipinski definition) is 1. The largest absolute Gasteiger partial charge is 0.494 e.